The molecule has 1 unspecified atom stereocenters. The van der Waals surface area contributed by atoms with Crippen LogP contribution in [0.4, 0.5) is 0 Å². The molecule has 114 valence electrons. The maximum atomic E-state index is 12.7. The maximum absolute atomic E-state index is 12.7. The van der Waals surface area contributed by atoms with E-state index < -0.39 is 0 Å². The molecule has 1 aromatic heterocycles. The first-order valence-electron chi connectivity index (χ1n) is 7.61. The SMILES string of the molecule is CC1CC[C@@H](c2ccc(Cl)cc2)N(Cc2ccccn2)C1=O. The number of benzene rings is 1. The van der Waals surface area contributed by atoms with Crippen LogP contribution in [-0.2, 0) is 11.3 Å². The zero-order valence-corrected chi connectivity index (χ0v) is 13.3. The lowest BCUT2D eigenvalue weighted by Crippen LogP contribution is -2.42. The second-order valence-corrected chi connectivity index (χ2v) is 6.27. The maximum Gasteiger partial charge on any atom is 0.226 e. The number of piperidine rings is 1. The molecular formula is C18H19ClN2O. The molecule has 3 rings (SSSR count). The van der Waals surface area contributed by atoms with Crippen molar-refractivity contribution in [2.45, 2.75) is 32.4 Å². The van der Waals surface area contributed by atoms with Crippen LogP contribution in [0, 0.1) is 5.92 Å². The van der Waals surface area contributed by atoms with Gasteiger partial charge in [0, 0.05) is 17.1 Å². The number of pyridine rings is 1. The number of carbonyl (C=O) groups is 1. The predicted molar refractivity (Wildman–Crippen MR) is 87.4 cm³/mol. The molecule has 2 atom stereocenters. The fourth-order valence-corrected chi connectivity index (χ4v) is 3.14. The summed E-state index contributed by atoms with van der Waals surface area (Å²) in [5, 5.41) is 0.718. The highest BCUT2D eigenvalue weighted by Crippen LogP contribution is 2.35. The summed E-state index contributed by atoms with van der Waals surface area (Å²) in [6, 6.07) is 13.7. The van der Waals surface area contributed by atoms with Crippen molar-refractivity contribution in [2.24, 2.45) is 5.92 Å². The number of likely N-dealkylation sites (tertiary alicyclic amines) is 1. The number of amides is 1. The first-order valence-corrected chi connectivity index (χ1v) is 7.99. The number of halogens is 1. The number of hydrogen-bond donors (Lipinski definition) is 0. The molecular weight excluding hydrogens is 296 g/mol. The van der Waals surface area contributed by atoms with Crippen LogP contribution in [0.25, 0.3) is 0 Å². The van der Waals surface area contributed by atoms with Gasteiger partial charge in [-0.2, -0.15) is 0 Å². The van der Waals surface area contributed by atoms with Crippen molar-refractivity contribution in [3.63, 3.8) is 0 Å². The number of carbonyl (C=O) groups excluding carboxylic acids is 1. The third-order valence-corrected chi connectivity index (χ3v) is 4.52. The summed E-state index contributed by atoms with van der Waals surface area (Å²) < 4.78 is 0. The van der Waals surface area contributed by atoms with Crippen molar-refractivity contribution in [3.05, 3.63) is 64.9 Å². The molecule has 0 radical (unpaired) electrons. The Kier molecular flexibility index (Phi) is 4.44. The summed E-state index contributed by atoms with van der Waals surface area (Å²) in [7, 11) is 0. The third-order valence-electron chi connectivity index (χ3n) is 4.27. The van der Waals surface area contributed by atoms with E-state index in [9.17, 15) is 4.79 Å². The van der Waals surface area contributed by atoms with Crippen molar-refractivity contribution in [2.75, 3.05) is 0 Å². The lowest BCUT2D eigenvalue weighted by molar-refractivity contribution is -0.142. The molecule has 0 N–H and O–H groups in total. The average Bonchev–Trinajstić information content (AvgIpc) is 2.54. The van der Waals surface area contributed by atoms with E-state index >= 15 is 0 Å². The fourth-order valence-electron chi connectivity index (χ4n) is 3.01. The monoisotopic (exact) mass is 314 g/mol. The molecule has 0 bridgehead atoms. The topological polar surface area (TPSA) is 33.2 Å². The molecule has 1 amide bonds. The molecule has 0 aliphatic carbocycles. The second kappa shape index (κ2) is 6.49. The molecule has 2 heterocycles. The Balaban J connectivity index is 1.89. The predicted octanol–water partition coefficient (Wildman–Crippen LogP) is 4.23. The Morgan fingerprint density at radius 3 is 2.64 bits per heavy atom. The Morgan fingerprint density at radius 1 is 1.18 bits per heavy atom. The van der Waals surface area contributed by atoms with Crippen LogP contribution in [0.3, 0.4) is 0 Å². The summed E-state index contributed by atoms with van der Waals surface area (Å²) in [4.78, 5) is 19.0. The van der Waals surface area contributed by atoms with Crippen molar-refractivity contribution in [1.82, 2.24) is 9.88 Å². The average molecular weight is 315 g/mol. The molecule has 0 spiro atoms. The molecule has 1 aliphatic heterocycles. The van der Waals surface area contributed by atoms with Gasteiger partial charge in [0.15, 0.2) is 0 Å². The van der Waals surface area contributed by atoms with Gasteiger partial charge >= 0.3 is 0 Å². The molecule has 3 nitrogen and oxygen atoms in total. The fraction of sp³-hybridized carbons (Fsp3) is 0.333. The molecule has 2 aromatic rings. The minimum absolute atomic E-state index is 0.0762. The molecule has 1 aliphatic rings. The van der Waals surface area contributed by atoms with Crippen molar-refractivity contribution in [3.8, 4) is 0 Å². The van der Waals surface area contributed by atoms with Gasteiger partial charge in [-0.3, -0.25) is 9.78 Å². The third kappa shape index (κ3) is 3.14. The van der Waals surface area contributed by atoms with Crippen molar-refractivity contribution < 1.29 is 4.79 Å². The highest BCUT2D eigenvalue weighted by Gasteiger charge is 2.33. The molecule has 22 heavy (non-hydrogen) atoms. The molecule has 0 saturated carbocycles. The van der Waals surface area contributed by atoms with Gasteiger partial charge in [-0.15, -0.1) is 0 Å². The number of hydrogen-bond acceptors (Lipinski definition) is 2. The van der Waals surface area contributed by atoms with Crippen LogP contribution in [-0.4, -0.2) is 15.8 Å². The molecule has 4 heteroatoms. The van der Waals surface area contributed by atoms with Crippen LogP contribution in [0.1, 0.15) is 37.1 Å². The quantitative estimate of drug-likeness (QED) is 0.849. The van der Waals surface area contributed by atoms with Gasteiger partial charge < -0.3 is 4.90 Å². The smallest absolute Gasteiger partial charge is 0.226 e. The molecule has 1 aromatic carbocycles. The first-order chi connectivity index (χ1) is 10.6. The van der Waals surface area contributed by atoms with Gasteiger partial charge in [0.1, 0.15) is 0 Å². The Morgan fingerprint density at radius 2 is 1.95 bits per heavy atom. The lowest BCUT2D eigenvalue weighted by Gasteiger charge is -2.38. The summed E-state index contributed by atoms with van der Waals surface area (Å²) in [5.74, 6) is 0.282. The van der Waals surface area contributed by atoms with Crippen LogP contribution >= 0.6 is 11.6 Å². The second-order valence-electron chi connectivity index (χ2n) is 5.83. The van der Waals surface area contributed by atoms with E-state index in [-0.39, 0.29) is 17.9 Å². The van der Waals surface area contributed by atoms with Crippen LogP contribution in [0.15, 0.2) is 48.7 Å². The van der Waals surface area contributed by atoms with E-state index in [2.05, 4.69) is 4.98 Å². The zero-order valence-electron chi connectivity index (χ0n) is 12.6. The van der Waals surface area contributed by atoms with E-state index in [0.29, 0.717) is 6.54 Å². The normalized spacial score (nSPS) is 21.9. The van der Waals surface area contributed by atoms with E-state index in [0.717, 1.165) is 29.1 Å². The van der Waals surface area contributed by atoms with E-state index in [4.69, 9.17) is 11.6 Å². The highest BCUT2D eigenvalue weighted by molar-refractivity contribution is 6.30. The standard InChI is InChI=1S/C18H19ClN2O/c1-13-5-10-17(14-6-8-15(19)9-7-14)21(18(13)22)12-16-4-2-3-11-20-16/h2-4,6-9,11,13,17H,5,10,12H2,1H3/t13?,17-/m0/s1. The highest BCUT2D eigenvalue weighted by atomic mass is 35.5. The van der Waals surface area contributed by atoms with Crippen LogP contribution in [0.2, 0.25) is 5.02 Å². The van der Waals surface area contributed by atoms with Gasteiger partial charge in [-0.05, 0) is 42.7 Å². The largest absolute Gasteiger partial charge is 0.330 e. The summed E-state index contributed by atoms with van der Waals surface area (Å²) >= 11 is 5.98. The van der Waals surface area contributed by atoms with Crippen molar-refractivity contribution in [1.29, 1.82) is 0 Å². The number of rotatable bonds is 3. The van der Waals surface area contributed by atoms with Gasteiger partial charge in [0.05, 0.1) is 18.3 Å². The Bertz CT molecular complexity index is 642. The number of nitrogens with zero attached hydrogens (tertiary/aromatic N) is 2. The summed E-state index contributed by atoms with van der Waals surface area (Å²) in [5.41, 5.74) is 2.06. The van der Waals surface area contributed by atoms with Gasteiger partial charge in [0.2, 0.25) is 5.91 Å². The summed E-state index contributed by atoms with van der Waals surface area (Å²) in [6.45, 7) is 2.56. The van der Waals surface area contributed by atoms with E-state index in [1.54, 1.807) is 6.20 Å². The molecule has 1 saturated heterocycles. The minimum atomic E-state index is 0.0762. The van der Waals surface area contributed by atoms with Crippen LogP contribution in [0.5, 0.6) is 0 Å². The van der Waals surface area contributed by atoms with Gasteiger partial charge in [0.25, 0.3) is 0 Å². The lowest BCUT2D eigenvalue weighted by atomic mass is 9.89. The number of aromatic nitrogens is 1. The van der Waals surface area contributed by atoms with Gasteiger partial charge in [-0.1, -0.05) is 36.7 Å². The van der Waals surface area contributed by atoms with Gasteiger partial charge in [-0.25, -0.2) is 0 Å². The zero-order chi connectivity index (χ0) is 15.5. The summed E-state index contributed by atoms with van der Waals surface area (Å²) in [6.07, 6.45) is 3.66. The Hall–Kier alpha value is -1.87. The Labute approximate surface area is 135 Å². The van der Waals surface area contributed by atoms with E-state index in [1.807, 2.05) is 54.3 Å². The first kappa shape index (κ1) is 15.0. The van der Waals surface area contributed by atoms with E-state index in [1.165, 1.54) is 0 Å². The van der Waals surface area contributed by atoms with Crippen LogP contribution < -0.4 is 0 Å². The molecule has 1 fully saturated rings. The minimum Gasteiger partial charge on any atom is -0.330 e. The van der Waals surface area contributed by atoms with Crippen molar-refractivity contribution >= 4 is 17.5 Å².